The van der Waals surface area contributed by atoms with Crippen molar-refractivity contribution in [3.05, 3.63) is 24.3 Å². The first-order valence-electron chi connectivity index (χ1n) is 12.3. The molecule has 0 heterocycles. The van der Waals surface area contributed by atoms with Crippen LogP contribution in [0.25, 0.3) is 0 Å². The highest BCUT2D eigenvalue weighted by atomic mass is 16.3. The number of hydrogen-bond donors (Lipinski definition) is 2. The molecule has 1 unspecified atom stereocenters. The van der Waals surface area contributed by atoms with E-state index in [2.05, 4.69) is 32.6 Å². The van der Waals surface area contributed by atoms with Crippen molar-refractivity contribution in [2.24, 2.45) is 40.4 Å². The first-order valence-corrected chi connectivity index (χ1v) is 12.3. The van der Waals surface area contributed by atoms with Crippen LogP contribution in [0.3, 0.4) is 0 Å². The third-order valence-corrected chi connectivity index (χ3v) is 10.2. The standard InChI is InChI=1S/C27H44O2/c1-6-19(8-7-18(2)28)22-11-12-23-21-10-9-20-17-25(3,29)15-16-26(20,4)24(21)13-14-27(22,23)5/h6,9,18-19,21-24,28-29H,1,7-8,10-17H2,2-5H3/t18-,19-,21+,22?,23+,24+,25+,26+,27-/m1/s1. The summed E-state index contributed by atoms with van der Waals surface area (Å²) < 4.78 is 0. The van der Waals surface area contributed by atoms with Gasteiger partial charge in [0.1, 0.15) is 0 Å². The summed E-state index contributed by atoms with van der Waals surface area (Å²) in [6.07, 6.45) is 16.2. The van der Waals surface area contributed by atoms with Gasteiger partial charge in [0.05, 0.1) is 11.7 Å². The Morgan fingerprint density at radius 2 is 1.86 bits per heavy atom. The SMILES string of the molecule is C=C[C@H](CC[C@@H](C)O)C1CC[C@H]2[C@@H]3CC=C4C[C@@](C)(O)CC[C@]4(C)[C@H]3CC[C@]12C. The second-order valence-electron chi connectivity index (χ2n) is 12.0. The lowest BCUT2D eigenvalue weighted by atomic mass is 9.46. The molecule has 2 N–H and O–H groups in total. The maximum Gasteiger partial charge on any atom is 0.0657 e. The molecule has 0 amide bonds. The van der Waals surface area contributed by atoms with Crippen molar-refractivity contribution in [3.63, 3.8) is 0 Å². The predicted molar refractivity (Wildman–Crippen MR) is 120 cm³/mol. The van der Waals surface area contributed by atoms with Crippen LogP contribution in [0, 0.1) is 40.4 Å². The van der Waals surface area contributed by atoms with Gasteiger partial charge < -0.3 is 10.2 Å². The lowest BCUT2D eigenvalue weighted by molar-refractivity contribution is -0.0695. The molecule has 3 fully saturated rings. The van der Waals surface area contributed by atoms with E-state index in [1.54, 1.807) is 5.57 Å². The van der Waals surface area contributed by atoms with Gasteiger partial charge in [-0.1, -0.05) is 31.6 Å². The molecular weight excluding hydrogens is 356 g/mol. The van der Waals surface area contributed by atoms with Crippen molar-refractivity contribution in [3.8, 4) is 0 Å². The zero-order valence-electron chi connectivity index (χ0n) is 19.3. The molecule has 4 aliphatic carbocycles. The first-order chi connectivity index (χ1) is 13.6. The lowest BCUT2D eigenvalue weighted by Gasteiger charge is -2.59. The van der Waals surface area contributed by atoms with Gasteiger partial charge in [-0.25, -0.2) is 0 Å². The number of hydrogen-bond acceptors (Lipinski definition) is 2. The van der Waals surface area contributed by atoms with Crippen molar-refractivity contribution >= 4 is 0 Å². The van der Waals surface area contributed by atoms with E-state index in [4.69, 9.17) is 0 Å². The molecule has 3 saturated carbocycles. The number of allylic oxidation sites excluding steroid dienone is 2. The Morgan fingerprint density at radius 3 is 2.55 bits per heavy atom. The molecule has 0 aromatic heterocycles. The predicted octanol–water partition coefficient (Wildman–Crippen LogP) is 6.28. The average molecular weight is 401 g/mol. The van der Waals surface area contributed by atoms with Crippen LogP contribution in [-0.2, 0) is 0 Å². The Bertz CT molecular complexity index is 661. The fourth-order valence-corrected chi connectivity index (χ4v) is 8.47. The summed E-state index contributed by atoms with van der Waals surface area (Å²) in [5.41, 5.74) is 1.81. The molecule has 4 aliphatic rings. The van der Waals surface area contributed by atoms with Crippen LogP contribution in [0.1, 0.15) is 91.9 Å². The molecule has 0 saturated heterocycles. The third-order valence-electron chi connectivity index (χ3n) is 10.2. The summed E-state index contributed by atoms with van der Waals surface area (Å²) in [4.78, 5) is 0. The van der Waals surface area contributed by atoms with E-state index >= 15 is 0 Å². The summed E-state index contributed by atoms with van der Waals surface area (Å²) in [7, 11) is 0. The Kier molecular flexibility index (Phi) is 5.61. The molecule has 0 aromatic carbocycles. The van der Waals surface area contributed by atoms with Crippen LogP contribution in [0.4, 0.5) is 0 Å². The fourth-order valence-electron chi connectivity index (χ4n) is 8.47. The van der Waals surface area contributed by atoms with Crippen molar-refractivity contribution < 1.29 is 10.2 Å². The van der Waals surface area contributed by atoms with Crippen LogP contribution in [0.2, 0.25) is 0 Å². The second kappa shape index (κ2) is 7.52. The minimum Gasteiger partial charge on any atom is -0.393 e. The minimum atomic E-state index is -0.499. The number of aliphatic hydroxyl groups is 2. The van der Waals surface area contributed by atoms with Crippen LogP contribution in [0.15, 0.2) is 24.3 Å². The molecule has 0 spiro atoms. The number of aliphatic hydroxyl groups excluding tert-OH is 1. The van der Waals surface area contributed by atoms with Crippen molar-refractivity contribution in [1.29, 1.82) is 0 Å². The maximum absolute atomic E-state index is 10.7. The lowest BCUT2D eigenvalue weighted by Crippen LogP contribution is -2.52. The minimum absolute atomic E-state index is 0.205. The van der Waals surface area contributed by atoms with Crippen molar-refractivity contribution in [1.82, 2.24) is 0 Å². The summed E-state index contributed by atoms with van der Waals surface area (Å²) >= 11 is 0. The van der Waals surface area contributed by atoms with Crippen molar-refractivity contribution in [2.75, 3.05) is 0 Å². The smallest absolute Gasteiger partial charge is 0.0657 e. The zero-order chi connectivity index (χ0) is 21.0. The molecular formula is C27H44O2. The molecule has 9 atom stereocenters. The topological polar surface area (TPSA) is 40.5 Å². The molecule has 29 heavy (non-hydrogen) atoms. The Morgan fingerprint density at radius 1 is 1.10 bits per heavy atom. The van der Waals surface area contributed by atoms with Crippen LogP contribution in [-0.4, -0.2) is 21.9 Å². The van der Waals surface area contributed by atoms with E-state index in [9.17, 15) is 10.2 Å². The summed E-state index contributed by atoms with van der Waals surface area (Å²) in [5.74, 6) is 3.73. The molecule has 0 aromatic rings. The highest BCUT2D eigenvalue weighted by Gasteiger charge is 2.59. The van der Waals surface area contributed by atoms with Gasteiger partial charge in [0.2, 0.25) is 0 Å². The van der Waals surface area contributed by atoms with E-state index in [1.165, 1.54) is 32.1 Å². The van der Waals surface area contributed by atoms with Crippen LogP contribution in [0.5, 0.6) is 0 Å². The van der Waals surface area contributed by atoms with Gasteiger partial charge in [-0.3, -0.25) is 0 Å². The molecule has 2 nitrogen and oxygen atoms in total. The summed E-state index contributed by atoms with van der Waals surface area (Å²) in [5, 5.41) is 20.5. The van der Waals surface area contributed by atoms with E-state index in [1.807, 2.05) is 13.8 Å². The van der Waals surface area contributed by atoms with Gasteiger partial charge >= 0.3 is 0 Å². The highest BCUT2D eigenvalue weighted by Crippen LogP contribution is 2.67. The Labute approximate surface area is 178 Å². The monoisotopic (exact) mass is 400 g/mol. The third kappa shape index (κ3) is 3.57. The molecule has 4 rings (SSSR count). The quantitative estimate of drug-likeness (QED) is 0.533. The van der Waals surface area contributed by atoms with E-state index < -0.39 is 5.60 Å². The van der Waals surface area contributed by atoms with Crippen molar-refractivity contribution in [2.45, 2.75) is 104 Å². The molecule has 2 heteroatoms. The highest BCUT2D eigenvalue weighted by molar-refractivity contribution is 5.27. The van der Waals surface area contributed by atoms with Gasteiger partial charge in [0, 0.05) is 0 Å². The molecule has 0 aliphatic heterocycles. The maximum atomic E-state index is 10.7. The van der Waals surface area contributed by atoms with Gasteiger partial charge in [-0.2, -0.15) is 0 Å². The zero-order valence-corrected chi connectivity index (χ0v) is 19.3. The van der Waals surface area contributed by atoms with E-state index in [-0.39, 0.29) is 6.10 Å². The van der Waals surface area contributed by atoms with E-state index in [0.717, 1.165) is 55.8 Å². The number of fused-ring (bicyclic) bond motifs is 5. The second-order valence-corrected chi connectivity index (χ2v) is 12.0. The van der Waals surface area contributed by atoms with Crippen LogP contribution >= 0.6 is 0 Å². The van der Waals surface area contributed by atoms with Crippen LogP contribution < -0.4 is 0 Å². The average Bonchev–Trinajstić information content (AvgIpc) is 3.00. The Balaban J connectivity index is 1.56. The summed E-state index contributed by atoms with van der Waals surface area (Å²) in [6.45, 7) is 13.3. The van der Waals surface area contributed by atoms with Gasteiger partial charge in [-0.05, 0) is 118 Å². The molecule has 0 bridgehead atoms. The number of rotatable bonds is 5. The Hall–Kier alpha value is -0.600. The van der Waals surface area contributed by atoms with Gasteiger partial charge in [0.15, 0.2) is 0 Å². The van der Waals surface area contributed by atoms with Gasteiger partial charge in [-0.15, -0.1) is 6.58 Å². The fraction of sp³-hybridized carbons (Fsp3) is 0.852. The van der Waals surface area contributed by atoms with E-state index in [0.29, 0.717) is 16.7 Å². The normalized spacial score (nSPS) is 48.7. The molecule has 164 valence electrons. The first kappa shape index (κ1) is 21.6. The van der Waals surface area contributed by atoms with Gasteiger partial charge in [0.25, 0.3) is 0 Å². The molecule has 0 radical (unpaired) electrons. The largest absolute Gasteiger partial charge is 0.393 e. The summed E-state index contributed by atoms with van der Waals surface area (Å²) in [6, 6.07) is 0.